The van der Waals surface area contributed by atoms with Crippen molar-refractivity contribution in [1.82, 2.24) is 4.90 Å². The van der Waals surface area contributed by atoms with E-state index in [-0.39, 0.29) is 36.5 Å². The number of rotatable bonds is 3. The van der Waals surface area contributed by atoms with Gasteiger partial charge >= 0.3 is 0 Å². The minimum Gasteiger partial charge on any atom is -0.292 e. The quantitative estimate of drug-likeness (QED) is 0.626. The molecular weight excluding hydrogens is 254 g/mol. The minimum absolute atomic E-state index is 0.147. The first-order valence-corrected chi connectivity index (χ1v) is 6.76. The van der Waals surface area contributed by atoms with Gasteiger partial charge in [-0.2, -0.15) is 0 Å². The highest BCUT2D eigenvalue weighted by atomic mass is 16.2. The lowest BCUT2D eigenvalue weighted by atomic mass is 9.98. The highest BCUT2D eigenvalue weighted by molar-refractivity contribution is 6.09. The van der Waals surface area contributed by atoms with E-state index in [1.165, 1.54) is 0 Å². The fraction of sp³-hybridized carbons (Fsp3) is 0.438. The summed E-state index contributed by atoms with van der Waals surface area (Å²) in [5, 5.41) is 0. The average Bonchev–Trinajstić information content (AvgIpc) is 2.60. The molecule has 1 aliphatic heterocycles. The first-order valence-electron chi connectivity index (χ1n) is 6.76. The van der Waals surface area contributed by atoms with Crippen LogP contribution in [0.5, 0.6) is 0 Å². The van der Waals surface area contributed by atoms with Crippen molar-refractivity contribution in [2.45, 2.75) is 34.1 Å². The Morgan fingerprint density at radius 2 is 1.75 bits per heavy atom. The summed E-state index contributed by atoms with van der Waals surface area (Å²) >= 11 is 0. The molecule has 0 spiro atoms. The van der Waals surface area contributed by atoms with Crippen LogP contribution in [0.15, 0.2) is 12.1 Å². The topological polar surface area (TPSA) is 54.5 Å². The summed E-state index contributed by atoms with van der Waals surface area (Å²) < 4.78 is 0. The van der Waals surface area contributed by atoms with E-state index in [4.69, 9.17) is 0 Å². The van der Waals surface area contributed by atoms with Gasteiger partial charge in [0.2, 0.25) is 11.8 Å². The molecule has 1 atom stereocenters. The lowest BCUT2D eigenvalue weighted by Gasteiger charge is -2.15. The average molecular weight is 273 g/mol. The Labute approximate surface area is 118 Å². The third-order valence-electron chi connectivity index (χ3n) is 3.91. The summed E-state index contributed by atoms with van der Waals surface area (Å²) in [7, 11) is 0. The number of carbonyl (C=O) groups excluding carboxylic acids is 3. The van der Waals surface area contributed by atoms with E-state index in [0.29, 0.717) is 5.56 Å². The molecule has 1 aliphatic rings. The summed E-state index contributed by atoms with van der Waals surface area (Å²) in [5.74, 6) is -0.986. The van der Waals surface area contributed by atoms with Crippen molar-refractivity contribution in [1.29, 1.82) is 0 Å². The van der Waals surface area contributed by atoms with E-state index in [1.54, 1.807) is 6.92 Å². The molecule has 0 N–H and O–H groups in total. The fourth-order valence-corrected chi connectivity index (χ4v) is 2.50. The number of amides is 2. The maximum absolute atomic E-state index is 12.3. The Kier molecular flexibility index (Phi) is 3.75. The van der Waals surface area contributed by atoms with Gasteiger partial charge in [0, 0.05) is 17.9 Å². The molecule has 106 valence electrons. The molecular formula is C16H19NO3. The highest BCUT2D eigenvalue weighted by Crippen LogP contribution is 2.21. The Hall–Kier alpha value is -1.97. The fourth-order valence-electron chi connectivity index (χ4n) is 2.50. The summed E-state index contributed by atoms with van der Waals surface area (Å²) in [6, 6.07) is 3.79. The number of benzene rings is 1. The maximum atomic E-state index is 12.3. The molecule has 0 aromatic heterocycles. The lowest BCUT2D eigenvalue weighted by molar-refractivity contribution is -0.138. The SMILES string of the molecule is Cc1cc(C)c(C(=O)CN2C(=O)CC(C)C2=O)cc1C. The number of ketones is 1. The van der Waals surface area contributed by atoms with Crippen LogP contribution in [0.2, 0.25) is 0 Å². The minimum atomic E-state index is -0.309. The second-order valence-corrected chi connectivity index (χ2v) is 5.60. The third-order valence-corrected chi connectivity index (χ3v) is 3.91. The zero-order valence-electron chi connectivity index (χ0n) is 12.3. The van der Waals surface area contributed by atoms with Crippen molar-refractivity contribution >= 4 is 17.6 Å². The van der Waals surface area contributed by atoms with Gasteiger partial charge in [-0.05, 0) is 43.5 Å². The molecule has 1 aromatic rings. The summed E-state index contributed by atoms with van der Waals surface area (Å²) in [5.41, 5.74) is 3.63. The van der Waals surface area contributed by atoms with Gasteiger partial charge in [0.05, 0.1) is 6.54 Å². The second-order valence-electron chi connectivity index (χ2n) is 5.60. The van der Waals surface area contributed by atoms with Gasteiger partial charge in [0.15, 0.2) is 5.78 Å². The van der Waals surface area contributed by atoms with E-state index in [2.05, 4.69) is 0 Å². The lowest BCUT2D eigenvalue weighted by Crippen LogP contribution is -2.35. The molecule has 2 rings (SSSR count). The number of hydrogen-bond donors (Lipinski definition) is 0. The number of Topliss-reactive ketones (excluding diaryl/α,β-unsaturated/α-hetero) is 1. The molecule has 1 saturated heterocycles. The number of aryl methyl sites for hydroxylation is 3. The van der Waals surface area contributed by atoms with E-state index in [9.17, 15) is 14.4 Å². The van der Waals surface area contributed by atoms with Crippen LogP contribution in [0, 0.1) is 26.7 Å². The highest BCUT2D eigenvalue weighted by Gasteiger charge is 2.36. The van der Waals surface area contributed by atoms with Crippen LogP contribution in [-0.4, -0.2) is 29.0 Å². The molecule has 0 aliphatic carbocycles. The van der Waals surface area contributed by atoms with Crippen LogP contribution in [0.25, 0.3) is 0 Å². The predicted molar refractivity (Wildman–Crippen MR) is 75.5 cm³/mol. The molecule has 1 aromatic carbocycles. The Balaban J connectivity index is 2.23. The first kappa shape index (κ1) is 14.4. The van der Waals surface area contributed by atoms with Crippen molar-refractivity contribution < 1.29 is 14.4 Å². The summed E-state index contributed by atoms with van der Waals surface area (Å²) in [4.78, 5) is 37.0. The summed E-state index contributed by atoms with van der Waals surface area (Å²) in [6.07, 6.45) is 0.206. The van der Waals surface area contributed by atoms with Crippen LogP contribution in [0.4, 0.5) is 0 Å². The third kappa shape index (κ3) is 2.50. The van der Waals surface area contributed by atoms with Gasteiger partial charge in [-0.1, -0.05) is 13.0 Å². The molecule has 1 heterocycles. The van der Waals surface area contributed by atoms with Crippen LogP contribution >= 0.6 is 0 Å². The van der Waals surface area contributed by atoms with Gasteiger partial charge in [-0.3, -0.25) is 19.3 Å². The van der Waals surface area contributed by atoms with Crippen molar-refractivity contribution in [2.24, 2.45) is 5.92 Å². The molecule has 1 fully saturated rings. The molecule has 4 nitrogen and oxygen atoms in total. The maximum Gasteiger partial charge on any atom is 0.232 e. The number of likely N-dealkylation sites (tertiary alicyclic amines) is 1. The first-order chi connectivity index (χ1) is 9.31. The number of carbonyl (C=O) groups is 3. The predicted octanol–water partition coefficient (Wildman–Crippen LogP) is 2.19. The van der Waals surface area contributed by atoms with Gasteiger partial charge in [-0.15, -0.1) is 0 Å². The zero-order valence-corrected chi connectivity index (χ0v) is 12.3. The number of nitrogens with zero attached hydrogens (tertiary/aromatic N) is 1. The van der Waals surface area contributed by atoms with Crippen LogP contribution < -0.4 is 0 Å². The zero-order chi connectivity index (χ0) is 15.0. The van der Waals surface area contributed by atoms with E-state index < -0.39 is 0 Å². The number of imide groups is 1. The monoisotopic (exact) mass is 273 g/mol. The van der Waals surface area contributed by atoms with Crippen LogP contribution in [-0.2, 0) is 9.59 Å². The molecule has 2 amide bonds. The largest absolute Gasteiger partial charge is 0.292 e. The molecule has 0 bridgehead atoms. The Bertz CT molecular complexity index is 604. The van der Waals surface area contributed by atoms with E-state index in [1.807, 2.05) is 32.9 Å². The molecule has 0 radical (unpaired) electrons. The molecule has 1 unspecified atom stereocenters. The smallest absolute Gasteiger partial charge is 0.232 e. The Morgan fingerprint density at radius 1 is 1.15 bits per heavy atom. The molecule has 4 heteroatoms. The Morgan fingerprint density at radius 3 is 2.30 bits per heavy atom. The van der Waals surface area contributed by atoms with Gasteiger partial charge in [-0.25, -0.2) is 0 Å². The van der Waals surface area contributed by atoms with Gasteiger partial charge < -0.3 is 0 Å². The van der Waals surface area contributed by atoms with Crippen LogP contribution in [0.1, 0.15) is 40.4 Å². The molecule has 0 saturated carbocycles. The van der Waals surface area contributed by atoms with Crippen LogP contribution in [0.3, 0.4) is 0 Å². The number of hydrogen-bond acceptors (Lipinski definition) is 3. The van der Waals surface area contributed by atoms with Gasteiger partial charge in [0.25, 0.3) is 0 Å². The second kappa shape index (κ2) is 5.19. The summed E-state index contributed by atoms with van der Waals surface area (Å²) in [6.45, 7) is 7.37. The van der Waals surface area contributed by atoms with Gasteiger partial charge in [0.1, 0.15) is 0 Å². The van der Waals surface area contributed by atoms with Crippen molar-refractivity contribution in [2.75, 3.05) is 6.54 Å². The van der Waals surface area contributed by atoms with E-state index >= 15 is 0 Å². The standard InChI is InChI=1S/C16H19NO3/c1-9-5-11(3)13(6-10(9)2)14(18)8-17-15(19)7-12(4)16(17)20/h5-6,12H,7-8H2,1-4H3. The normalized spacial score (nSPS) is 18.8. The van der Waals surface area contributed by atoms with Crippen molar-refractivity contribution in [3.05, 3.63) is 34.4 Å². The van der Waals surface area contributed by atoms with E-state index in [0.717, 1.165) is 21.6 Å². The molecule has 20 heavy (non-hydrogen) atoms. The van der Waals surface area contributed by atoms with Crippen molar-refractivity contribution in [3.63, 3.8) is 0 Å². The van der Waals surface area contributed by atoms with Crippen molar-refractivity contribution in [3.8, 4) is 0 Å².